The molecule has 0 saturated carbocycles. The summed E-state index contributed by atoms with van der Waals surface area (Å²) in [5.41, 5.74) is -1.89. The van der Waals surface area contributed by atoms with Gasteiger partial charge in [-0.3, -0.25) is 4.79 Å². The first kappa shape index (κ1) is 10.8. The van der Waals surface area contributed by atoms with E-state index in [1.807, 2.05) is 0 Å². The molecule has 0 bridgehead atoms. The lowest BCUT2D eigenvalue weighted by Crippen LogP contribution is -2.17. The zero-order valence-electron chi connectivity index (χ0n) is 5.88. The minimum Gasteiger partial charge on any atom is -0.316 e. The molecule has 0 spiro atoms. The molecule has 1 N–H and O–H groups in total. The summed E-state index contributed by atoms with van der Waals surface area (Å²) in [5, 5.41) is 0. The van der Waals surface area contributed by atoms with Gasteiger partial charge in [-0.2, -0.15) is 13.2 Å². The van der Waals surface area contributed by atoms with Crippen molar-refractivity contribution in [3.63, 3.8) is 0 Å². The van der Waals surface area contributed by atoms with E-state index in [4.69, 9.17) is 0 Å². The fourth-order valence-electron chi connectivity index (χ4n) is 0.688. The van der Waals surface area contributed by atoms with Crippen molar-refractivity contribution in [2.24, 2.45) is 0 Å². The molecule has 0 saturated heterocycles. The highest BCUT2D eigenvalue weighted by Crippen LogP contribution is 2.32. The van der Waals surface area contributed by atoms with Crippen molar-refractivity contribution in [1.82, 2.24) is 4.98 Å². The molecule has 0 aliphatic heterocycles. The summed E-state index contributed by atoms with van der Waals surface area (Å²) in [7, 11) is 0. The van der Waals surface area contributed by atoms with E-state index in [0.29, 0.717) is 0 Å². The van der Waals surface area contributed by atoms with Crippen LogP contribution in [0.5, 0.6) is 0 Å². The van der Waals surface area contributed by atoms with Crippen molar-refractivity contribution in [1.29, 1.82) is 0 Å². The first-order valence-corrected chi connectivity index (χ1v) is 4.56. The molecule has 13 heavy (non-hydrogen) atoms. The molecule has 0 aliphatic carbocycles. The summed E-state index contributed by atoms with van der Waals surface area (Å²) in [6.45, 7) is 0. The fraction of sp³-hybridized carbons (Fsp3) is 0.167. The van der Waals surface area contributed by atoms with E-state index in [1.165, 1.54) is 0 Å². The van der Waals surface area contributed by atoms with Gasteiger partial charge in [-0.05, 0) is 37.9 Å². The van der Waals surface area contributed by atoms with Gasteiger partial charge in [0, 0.05) is 4.47 Å². The number of halogens is 5. The Hall–Kier alpha value is -0.300. The van der Waals surface area contributed by atoms with E-state index in [2.05, 4.69) is 31.9 Å². The number of H-pyrrole nitrogens is 1. The third-order valence-electron chi connectivity index (χ3n) is 1.23. The molecule has 0 unspecified atom stereocenters. The van der Waals surface area contributed by atoms with Crippen LogP contribution in [0.2, 0.25) is 0 Å². The van der Waals surface area contributed by atoms with E-state index in [0.717, 1.165) is 6.07 Å². The van der Waals surface area contributed by atoms with Gasteiger partial charge in [0.2, 0.25) is 0 Å². The van der Waals surface area contributed by atoms with E-state index >= 15 is 0 Å². The molecule has 7 heteroatoms. The van der Waals surface area contributed by atoms with Gasteiger partial charge in [0.05, 0.1) is 4.47 Å². The monoisotopic (exact) mass is 319 g/mol. The predicted molar refractivity (Wildman–Crippen MR) is 47.5 cm³/mol. The Morgan fingerprint density at radius 2 is 1.77 bits per heavy atom. The molecule has 0 aliphatic rings. The van der Waals surface area contributed by atoms with Crippen molar-refractivity contribution < 1.29 is 13.2 Å². The van der Waals surface area contributed by atoms with Crippen LogP contribution in [0, 0.1) is 0 Å². The fourth-order valence-corrected chi connectivity index (χ4v) is 1.88. The molecule has 0 aromatic carbocycles. The summed E-state index contributed by atoms with van der Waals surface area (Å²) < 4.78 is 36.3. The summed E-state index contributed by atoms with van der Waals surface area (Å²) in [6, 6.07) is 1.06. The molecular formula is C6H2Br2F3NO. The van der Waals surface area contributed by atoms with Crippen LogP contribution in [0.25, 0.3) is 0 Å². The molecular weight excluding hydrogens is 319 g/mol. The van der Waals surface area contributed by atoms with Gasteiger partial charge in [-0.25, -0.2) is 0 Å². The second kappa shape index (κ2) is 3.45. The van der Waals surface area contributed by atoms with Crippen LogP contribution in [0.4, 0.5) is 13.2 Å². The third-order valence-corrected chi connectivity index (χ3v) is 2.45. The Labute approximate surface area is 87.4 Å². The van der Waals surface area contributed by atoms with Crippen LogP contribution in [-0.4, -0.2) is 4.98 Å². The van der Waals surface area contributed by atoms with E-state index in [9.17, 15) is 18.0 Å². The number of rotatable bonds is 0. The number of alkyl halides is 3. The quantitative estimate of drug-likeness (QED) is 0.783. The number of pyridine rings is 1. The van der Waals surface area contributed by atoms with Crippen LogP contribution in [0.1, 0.15) is 5.69 Å². The van der Waals surface area contributed by atoms with Crippen molar-refractivity contribution >= 4 is 31.9 Å². The normalized spacial score (nSPS) is 11.8. The number of aromatic amines is 1. The minimum atomic E-state index is -4.56. The lowest BCUT2D eigenvalue weighted by molar-refractivity contribution is -0.141. The van der Waals surface area contributed by atoms with Crippen LogP contribution in [-0.2, 0) is 6.18 Å². The van der Waals surface area contributed by atoms with Gasteiger partial charge in [-0.1, -0.05) is 0 Å². The molecule has 1 aromatic heterocycles. The third kappa shape index (κ3) is 2.34. The highest BCUT2D eigenvalue weighted by atomic mass is 79.9. The maximum atomic E-state index is 12.1. The second-order valence-corrected chi connectivity index (χ2v) is 3.88. The lowest BCUT2D eigenvalue weighted by atomic mass is 10.3. The number of hydrogen-bond acceptors (Lipinski definition) is 1. The molecule has 2 nitrogen and oxygen atoms in total. The SMILES string of the molecule is O=c1[nH]c(C(F)(F)F)c(Br)cc1Br. The molecule has 0 atom stereocenters. The average Bonchev–Trinajstić information content (AvgIpc) is 1.94. The molecule has 1 rings (SSSR count). The Kier molecular flexibility index (Phi) is 2.86. The van der Waals surface area contributed by atoms with Crippen molar-refractivity contribution in [3.05, 3.63) is 31.1 Å². The molecule has 0 fully saturated rings. The molecule has 0 amide bonds. The zero-order chi connectivity index (χ0) is 10.2. The Balaban J connectivity index is 3.41. The maximum absolute atomic E-state index is 12.1. The zero-order valence-corrected chi connectivity index (χ0v) is 9.05. The first-order chi connectivity index (χ1) is 5.82. The minimum absolute atomic E-state index is 0.0485. The summed E-state index contributed by atoms with van der Waals surface area (Å²) in [4.78, 5) is 12.5. The van der Waals surface area contributed by atoms with Crippen molar-refractivity contribution in [3.8, 4) is 0 Å². The van der Waals surface area contributed by atoms with E-state index in [1.54, 1.807) is 4.98 Å². The summed E-state index contributed by atoms with van der Waals surface area (Å²) in [5.74, 6) is 0. The van der Waals surface area contributed by atoms with Crippen LogP contribution in [0.15, 0.2) is 19.8 Å². The maximum Gasteiger partial charge on any atom is 0.432 e. The van der Waals surface area contributed by atoms with Gasteiger partial charge in [0.25, 0.3) is 5.56 Å². The van der Waals surface area contributed by atoms with E-state index < -0.39 is 17.4 Å². The predicted octanol–water partition coefficient (Wildman–Crippen LogP) is 2.92. The molecule has 1 aromatic rings. The van der Waals surface area contributed by atoms with Crippen LogP contribution in [0.3, 0.4) is 0 Å². The van der Waals surface area contributed by atoms with Gasteiger partial charge < -0.3 is 4.98 Å². The van der Waals surface area contributed by atoms with Gasteiger partial charge in [-0.15, -0.1) is 0 Å². The number of aromatic nitrogens is 1. The standard InChI is InChI=1S/C6H2Br2F3NO/c7-2-1-3(8)5(13)12-4(2)6(9,10)11/h1H,(H,12,13). The van der Waals surface area contributed by atoms with E-state index in [-0.39, 0.29) is 8.95 Å². The molecule has 72 valence electrons. The lowest BCUT2D eigenvalue weighted by Gasteiger charge is -2.07. The molecule has 0 radical (unpaired) electrons. The summed E-state index contributed by atoms with van der Waals surface area (Å²) in [6.07, 6.45) is -4.56. The highest BCUT2D eigenvalue weighted by molar-refractivity contribution is 9.11. The summed E-state index contributed by atoms with van der Waals surface area (Å²) >= 11 is 5.50. The topological polar surface area (TPSA) is 32.9 Å². The Bertz CT molecular complexity index is 384. The van der Waals surface area contributed by atoms with Crippen LogP contribution >= 0.6 is 31.9 Å². The second-order valence-electron chi connectivity index (χ2n) is 2.17. The Morgan fingerprint density at radius 1 is 1.23 bits per heavy atom. The smallest absolute Gasteiger partial charge is 0.316 e. The number of hydrogen-bond donors (Lipinski definition) is 1. The number of nitrogens with one attached hydrogen (secondary N) is 1. The van der Waals surface area contributed by atoms with Gasteiger partial charge >= 0.3 is 6.18 Å². The molecule has 1 heterocycles. The first-order valence-electron chi connectivity index (χ1n) is 2.98. The highest BCUT2D eigenvalue weighted by Gasteiger charge is 2.34. The van der Waals surface area contributed by atoms with Gasteiger partial charge in [0.1, 0.15) is 5.69 Å². The Morgan fingerprint density at radius 3 is 2.23 bits per heavy atom. The van der Waals surface area contributed by atoms with Crippen LogP contribution < -0.4 is 5.56 Å². The van der Waals surface area contributed by atoms with Crippen molar-refractivity contribution in [2.45, 2.75) is 6.18 Å². The van der Waals surface area contributed by atoms with Crippen molar-refractivity contribution in [2.75, 3.05) is 0 Å². The van der Waals surface area contributed by atoms with Gasteiger partial charge in [0.15, 0.2) is 0 Å². The average molecular weight is 321 g/mol. The largest absolute Gasteiger partial charge is 0.432 e.